The van der Waals surface area contributed by atoms with Gasteiger partial charge in [0.2, 0.25) is 0 Å². The predicted octanol–water partition coefficient (Wildman–Crippen LogP) is 4.67. The molecule has 0 bridgehead atoms. The molecule has 3 rings (SSSR count). The van der Waals surface area contributed by atoms with Crippen molar-refractivity contribution in [2.45, 2.75) is 90.9 Å². The molecule has 35 heavy (non-hydrogen) atoms. The minimum atomic E-state index is -0.682. The van der Waals surface area contributed by atoms with E-state index in [9.17, 15) is 9.59 Å². The second-order valence-electron chi connectivity index (χ2n) is 10.3. The highest BCUT2D eigenvalue weighted by atomic mass is 16.7. The highest BCUT2D eigenvalue weighted by Crippen LogP contribution is 2.25. The summed E-state index contributed by atoms with van der Waals surface area (Å²) in [6.45, 7) is 12.7. The maximum atomic E-state index is 13.1. The van der Waals surface area contributed by atoms with Crippen molar-refractivity contribution in [2.24, 2.45) is 0 Å². The Hall–Kier alpha value is -2.16. The van der Waals surface area contributed by atoms with Crippen LogP contribution in [0.4, 0.5) is 4.79 Å². The Bertz CT molecular complexity index is 810. The average molecular weight is 491 g/mol. The fourth-order valence-corrected chi connectivity index (χ4v) is 4.55. The van der Waals surface area contributed by atoms with E-state index in [1.165, 1.54) is 4.90 Å². The molecule has 1 aromatic carbocycles. The largest absolute Gasteiger partial charge is 0.461 e. The maximum Gasteiger partial charge on any atom is 0.411 e. The summed E-state index contributed by atoms with van der Waals surface area (Å²) in [4.78, 5) is 29.8. The highest BCUT2D eigenvalue weighted by Gasteiger charge is 2.39. The topological polar surface area (TPSA) is 77.5 Å². The number of hydrogen-bond acceptors (Lipinski definition) is 7. The van der Waals surface area contributed by atoms with Gasteiger partial charge in [-0.2, -0.15) is 0 Å². The van der Waals surface area contributed by atoms with Crippen molar-refractivity contribution in [3.63, 3.8) is 0 Å². The first-order chi connectivity index (χ1) is 16.7. The smallest absolute Gasteiger partial charge is 0.411 e. The van der Waals surface area contributed by atoms with Gasteiger partial charge in [0.1, 0.15) is 17.7 Å². The summed E-state index contributed by atoms with van der Waals surface area (Å²) in [5.74, 6) is -0.334. The number of hydrogen-bond donors (Lipinski definition) is 0. The maximum absolute atomic E-state index is 13.1. The van der Waals surface area contributed by atoms with E-state index in [4.69, 9.17) is 18.9 Å². The molecular weight excluding hydrogens is 448 g/mol. The monoisotopic (exact) mass is 490 g/mol. The van der Waals surface area contributed by atoms with Crippen molar-refractivity contribution >= 4 is 12.1 Å². The van der Waals surface area contributed by atoms with Gasteiger partial charge in [0.25, 0.3) is 0 Å². The van der Waals surface area contributed by atoms with Gasteiger partial charge in [-0.15, -0.1) is 0 Å². The van der Waals surface area contributed by atoms with Crippen LogP contribution >= 0.6 is 0 Å². The van der Waals surface area contributed by atoms with Crippen LogP contribution in [0.2, 0.25) is 0 Å². The average Bonchev–Trinajstić information content (AvgIpc) is 3.31. The number of ether oxygens (including phenoxy) is 4. The third kappa shape index (κ3) is 8.19. The summed E-state index contributed by atoms with van der Waals surface area (Å²) in [5, 5.41) is 0. The molecule has 1 aliphatic heterocycles. The van der Waals surface area contributed by atoms with Crippen LogP contribution in [0.1, 0.15) is 77.7 Å². The Morgan fingerprint density at radius 2 is 1.63 bits per heavy atom. The Labute approximate surface area is 209 Å². The molecule has 1 aliphatic carbocycles. The Morgan fingerprint density at radius 1 is 1.00 bits per heavy atom. The van der Waals surface area contributed by atoms with Crippen LogP contribution in [0.25, 0.3) is 0 Å². The second-order valence-corrected chi connectivity index (χ2v) is 10.3. The molecule has 1 unspecified atom stereocenters. The van der Waals surface area contributed by atoms with Crippen LogP contribution in [0.15, 0.2) is 24.3 Å². The fourth-order valence-electron chi connectivity index (χ4n) is 4.55. The molecule has 8 heteroatoms. The van der Waals surface area contributed by atoms with Crippen LogP contribution in [0.3, 0.4) is 0 Å². The van der Waals surface area contributed by atoms with E-state index in [0.717, 1.165) is 36.8 Å². The minimum Gasteiger partial charge on any atom is -0.461 e. The normalized spacial score (nSPS) is 19.8. The molecule has 0 spiro atoms. The van der Waals surface area contributed by atoms with E-state index in [-0.39, 0.29) is 18.4 Å². The summed E-state index contributed by atoms with van der Waals surface area (Å²) in [6, 6.07) is 7.49. The molecule has 2 fully saturated rings. The quantitative estimate of drug-likeness (QED) is 0.368. The summed E-state index contributed by atoms with van der Waals surface area (Å²) in [7, 11) is 0. The van der Waals surface area contributed by atoms with E-state index < -0.39 is 17.7 Å². The summed E-state index contributed by atoms with van der Waals surface area (Å²) in [5.41, 5.74) is 1.47. The zero-order valence-corrected chi connectivity index (χ0v) is 22.0. The molecular formula is C27H42N2O6. The molecule has 0 aromatic heterocycles. The van der Waals surface area contributed by atoms with Crippen molar-refractivity contribution in [1.29, 1.82) is 0 Å². The minimum absolute atomic E-state index is 0.0467. The second kappa shape index (κ2) is 12.7. The van der Waals surface area contributed by atoms with Gasteiger partial charge < -0.3 is 18.9 Å². The number of nitrogens with zero attached hydrogens (tertiary/aromatic N) is 2. The van der Waals surface area contributed by atoms with E-state index in [0.29, 0.717) is 39.4 Å². The molecule has 1 aromatic rings. The number of carbonyl (C=O) groups is 2. The van der Waals surface area contributed by atoms with Gasteiger partial charge in [-0.1, -0.05) is 24.3 Å². The molecule has 196 valence electrons. The van der Waals surface area contributed by atoms with E-state index in [2.05, 4.69) is 17.0 Å². The van der Waals surface area contributed by atoms with Gasteiger partial charge in [-0.25, -0.2) is 9.59 Å². The molecule has 0 N–H and O–H groups in total. The predicted molar refractivity (Wildman–Crippen MR) is 133 cm³/mol. The lowest BCUT2D eigenvalue weighted by Crippen LogP contribution is -2.59. The Balaban J connectivity index is 1.67. The van der Waals surface area contributed by atoms with Gasteiger partial charge in [0.05, 0.1) is 0 Å². The van der Waals surface area contributed by atoms with Gasteiger partial charge in [-0.05, 0) is 65.9 Å². The number of amides is 1. The molecule has 1 amide bonds. The van der Waals surface area contributed by atoms with E-state index >= 15 is 0 Å². The first kappa shape index (κ1) is 27.4. The first-order valence-corrected chi connectivity index (χ1v) is 12.9. The van der Waals surface area contributed by atoms with Crippen LogP contribution in [0.5, 0.6) is 0 Å². The Kier molecular flexibility index (Phi) is 9.95. The lowest BCUT2D eigenvalue weighted by Gasteiger charge is -2.40. The number of carbonyl (C=O) groups excluding carboxylic acids is 2. The number of esters is 1. The Morgan fingerprint density at radius 3 is 2.20 bits per heavy atom. The number of benzene rings is 1. The zero-order chi connectivity index (χ0) is 25.4. The lowest BCUT2D eigenvalue weighted by atomic mass is 10.1. The summed E-state index contributed by atoms with van der Waals surface area (Å²) in [6.07, 6.45) is 3.06. The molecule has 8 nitrogen and oxygen atoms in total. The molecule has 0 radical (unpaired) electrons. The van der Waals surface area contributed by atoms with Crippen molar-refractivity contribution < 1.29 is 28.5 Å². The lowest BCUT2D eigenvalue weighted by molar-refractivity contribution is -0.157. The van der Waals surface area contributed by atoms with E-state index in [1.54, 1.807) is 0 Å². The standard InChI is InChI=1S/C27H42N2O6/c1-6-32-25(33-7-2)21-14-12-20(13-15-21)18-28-16-17-29(26(31)35-27(3,4)5)23(19-28)24(30)34-22-10-8-9-11-22/h12-15,22-23,25H,6-11,16-19H2,1-5H3. The van der Waals surface area contributed by atoms with Gasteiger partial charge in [0.15, 0.2) is 6.29 Å². The van der Waals surface area contributed by atoms with Gasteiger partial charge >= 0.3 is 12.1 Å². The van der Waals surface area contributed by atoms with Gasteiger partial charge in [0, 0.05) is 45.0 Å². The van der Waals surface area contributed by atoms with Crippen LogP contribution in [0, 0.1) is 0 Å². The third-order valence-corrected chi connectivity index (χ3v) is 6.24. The summed E-state index contributed by atoms with van der Waals surface area (Å²) < 4.78 is 22.8. The van der Waals surface area contributed by atoms with Crippen LogP contribution in [-0.4, -0.2) is 72.5 Å². The van der Waals surface area contributed by atoms with Crippen LogP contribution in [-0.2, 0) is 30.3 Å². The SMILES string of the molecule is CCOC(OCC)c1ccc(CN2CCN(C(=O)OC(C)(C)C)C(C(=O)OC3CCCC3)C2)cc1. The van der Waals surface area contributed by atoms with Gasteiger partial charge in [-0.3, -0.25) is 9.80 Å². The van der Waals surface area contributed by atoms with Crippen molar-refractivity contribution in [1.82, 2.24) is 9.80 Å². The first-order valence-electron chi connectivity index (χ1n) is 12.9. The highest BCUT2D eigenvalue weighted by molar-refractivity contribution is 5.82. The van der Waals surface area contributed by atoms with Crippen molar-refractivity contribution in [3.05, 3.63) is 35.4 Å². The fraction of sp³-hybridized carbons (Fsp3) is 0.704. The molecule has 2 aliphatic rings. The molecule has 1 heterocycles. The van der Waals surface area contributed by atoms with E-state index in [1.807, 2.05) is 46.8 Å². The molecule has 1 atom stereocenters. The van der Waals surface area contributed by atoms with Crippen molar-refractivity contribution in [3.8, 4) is 0 Å². The molecule has 1 saturated heterocycles. The summed E-state index contributed by atoms with van der Waals surface area (Å²) >= 11 is 0. The van der Waals surface area contributed by atoms with Crippen LogP contribution < -0.4 is 0 Å². The van der Waals surface area contributed by atoms with Crippen molar-refractivity contribution in [2.75, 3.05) is 32.8 Å². The number of rotatable bonds is 9. The number of piperazine rings is 1. The third-order valence-electron chi connectivity index (χ3n) is 6.24. The molecule has 1 saturated carbocycles. The zero-order valence-electron chi connectivity index (χ0n) is 22.0.